The summed E-state index contributed by atoms with van der Waals surface area (Å²) in [5, 5.41) is 6.36. The second-order valence-electron chi connectivity index (χ2n) is 4.50. The minimum Gasteiger partial charge on any atom is -0.466 e. The zero-order valence-corrected chi connectivity index (χ0v) is 13.1. The lowest BCUT2D eigenvalue weighted by molar-refractivity contribution is -0.142. The van der Waals surface area contributed by atoms with Crippen LogP contribution in [0.5, 0.6) is 0 Å². The van der Waals surface area contributed by atoms with Gasteiger partial charge in [-0.1, -0.05) is 6.07 Å². The average molecular weight is 321 g/mol. The molecule has 1 heterocycles. The van der Waals surface area contributed by atoms with Gasteiger partial charge in [-0.2, -0.15) is 5.10 Å². The summed E-state index contributed by atoms with van der Waals surface area (Å²) < 4.78 is 18.0. The SMILES string of the molecule is CCOC(=O)Cc1csc(NN=Cc2cc(F)ccc2C)n1. The molecule has 22 heavy (non-hydrogen) atoms. The molecule has 2 aromatic rings. The van der Waals surface area contributed by atoms with E-state index < -0.39 is 0 Å². The zero-order valence-electron chi connectivity index (χ0n) is 12.3. The summed E-state index contributed by atoms with van der Waals surface area (Å²) in [6.07, 6.45) is 1.67. The van der Waals surface area contributed by atoms with Crippen molar-refractivity contribution in [2.45, 2.75) is 20.3 Å². The fourth-order valence-electron chi connectivity index (χ4n) is 1.71. The van der Waals surface area contributed by atoms with Crippen molar-refractivity contribution in [1.82, 2.24) is 4.98 Å². The van der Waals surface area contributed by atoms with Crippen molar-refractivity contribution in [3.63, 3.8) is 0 Å². The number of hydrazone groups is 1. The van der Waals surface area contributed by atoms with Crippen LogP contribution in [0.2, 0.25) is 0 Å². The number of nitrogens with zero attached hydrogens (tertiary/aromatic N) is 2. The van der Waals surface area contributed by atoms with Gasteiger partial charge < -0.3 is 4.74 Å². The number of aryl methyl sites for hydroxylation is 1. The molecule has 0 spiro atoms. The number of thiazole rings is 1. The minimum absolute atomic E-state index is 0.138. The van der Waals surface area contributed by atoms with E-state index in [9.17, 15) is 9.18 Å². The van der Waals surface area contributed by atoms with E-state index in [1.807, 2.05) is 6.92 Å². The molecule has 116 valence electrons. The number of nitrogens with one attached hydrogen (secondary N) is 1. The Balaban J connectivity index is 1.94. The molecule has 5 nitrogen and oxygen atoms in total. The van der Waals surface area contributed by atoms with E-state index in [2.05, 4.69) is 15.5 Å². The molecule has 7 heteroatoms. The second-order valence-corrected chi connectivity index (χ2v) is 5.35. The van der Waals surface area contributed by atoms with Crippen LogP contribution in [-0.4, -0.2) is 23.8 Å². The standard InChI is InChI=1S/C15H16FN3O2S/c1-3-21-14(20)7-13-9-22-15(18-13)19-17-8-11-6-12(16)5-4-10(11)2/h4-6,8-9H,3,7H2,1-2H3,(H,18,19). The number of halogens is 1. The van der Waals surface area contributed by atoms with Gasteiger partial charge in [-0.15, -0.1) is 11.3 Å². The molecule has 2 rings (SSSR count). The molecular weight excluding hydrogens is 305 g/mol. The number of carbonyl (C=O) groups is 1. The number of hydrogen-bond acceptors (Lipinski definition) is 6. The number of esters is 1. The Morgan fingerprint density at radius 1 is 1.55 bits per heavy atom. The number of carbonyl (C=O) groups excluding carboxylic acids is 1. The molecule has 0 aliphatic carbocycles. The van der Waals surface area contributed by atoms with Crippen LogP contribution in [0.4, 0.5) is 9.52 Å². The van der Waals surface area contributed by atoms with E-state index in [1.54, 1.807) is 18.4 Å². The van der Waals surface area contributed by atoms with Crippen LogP contribution in [0.1, 0.15) is 23.7 Å². The van der Waals surface area contributed by atoms with Crippen molar-refractivity contribution in [2.75, 3.05) is 12.0 Å². The number of benzene rings is 1. The molecule has 0 atom stereocenters. The predicted octanol–water partition coefficient (Wildman–Crippen LogP) is 3.14. The van der Waals surface area contributed by atoms with Crippen LogP contribution in [-0.2, 0) is 16.0 Å². The van der Waals surface area contributed by atoms with Gasteiger partial charge in [-0.05, 0) is 31.5 Å². The summed E-state index contributed by atoms with van der Waals surface area (Å²) in [7, 11) is 0. The van der Waals surface area contributed by atoms with Gasteiger partial charge in [0.25, 0.3) is 0 Å². The molecule has 0 saturated carbocycles. The predicted molar refractivity (Wildman–Crippen MR) is 84.8 cm³/mol. The molecule has 1 aromatic heterocycles. The lowest BCUT2D eigenvalue weighted by Crippen LogP contribution is -2.07. The van der Waals surface area contributed by atoms with Crippen molar-refractivity contribution in [3.8, 4) is 0 Å². The van der Waals surface area contributed by atoms with Gasteiger partial charge in [0, 0.05) is 10.9 Å². The summed E-state index contributed by atoms with van der Waals surface area (Å²) in [5.74, 6) is -0.615. The summed E-state index contributed by atoms with van der Waals surface area (Å²) >= 11 is 1.33. The molecule has 1 N–H and O–H groups in total. The first-order valence-corrected chi connectivity index (χ1v) is 7.61. The molecule has 0 amide bonds. The second kappa shape index (κ2) is 7.65. The number of anilines is 1. The largest absolute Gasteiger partial charge is 0.466 e. The Hall–Kier alpha value is -2.28. The van der Waals surface area contributed by atoms with Gasteiger partial charge in [0.05, 0.1) is 24.9 Å². The van der Waals surface area contributed by atoms with Gasteiger partial charge in [-0.3, -0.25) is 10.2 Å². The third kappa shape index (κ3) is 4.63. The van der Waals surface area contributed by atoms with E-state index in [1.165, 1.54) is 29.7 Å². The topological polar surface area (TPSA) is 63.6 Å². The zero-order chi connectivity index (χ0) is 15.9. The van der Waals surface area contributed by atoms with Gasteiger partial charge in [-0.25, -0.2) is 9.37 Å². The summed E-state index contributed by atoms with van der Waals surface area (Å²) in [4.78, 5) is 15.6. The summed E-state index contributed by atoms with van der Waals surface area (Å²) in [5.41, 5.74) is 5.01. The monoisotopic (exact) mass is 321 g/mol. The van der Waals surface area contributed by atoms with Crippen LogP contribution in [0.25, 0.3) is 0 Å². The number of aromatic nitrogens is 1. The highest BCUT2D eigenvalue weighted by atomic mass is 32.1. The lowest BCUT2D eigenvalue weighted by atomic mass is 10.1. The number of ether oxygens (including phenoxy) is 1. The van der Waals surface area contributed by atoms with Gasteiger partial charge in [0.1, 0.15) is 5.82 Å². The highest BCUT2D eigenvalue weighted by molar-refractivity contribution is 7.13. The summed E-state index contributed by atoms with van der Waals surface area (Å²) in [6.45, 7) is 3.99. The minimum atomic E-state index is -0.307. The van der Waals surface area contributed by atoms with Crippen LogP contribution in [0.3, 0.4) is 0 Å². The fourth-order valence-corrected chi connectivity index (χ4v) is 2.37. The molecule has 0 saturated heterocycles. The first-order valence-electron chi connectivity index (χ1n) is 6.73. The van der Waals surface area contributed by atoms with Crippen LogP contribution >= 0.6 is 11.3 Å². The van der Waals surface area contributed by atoms with Gasteiger partial charge in [0.15, 0.2) is 0 Å². The third-order valence-corrected chi connectivity index (χ3v) is 3.58. The molecule has 0 bridgehead atoms. The molecule has 1 aromatic carbocycles. The van der Waals surface area contributed by atoms with E-state index in [0.717, 1.165) is 5.56 Å². The molecule has 0 unspecified atom stereocenters. The Morgan fingerprint density at radius 3 is 3.14 bits per heavy atom. The lowest BCUT2D eigenvalue weighted by Gasteiger charge is -1.99. The molecule has 0 aliphatic rings. The maximum absolute atomic E-state index is 13.1. The Labute approximate surface area is 131 Å². The van der Waals surface area contributed by atoms with Crippen molar-refractivity contribution < 1.29 is 13.9 Å². The number of hydrogen-bond donors (Lipinski definition) is 1. The van der Waals surface area contributed by atoms with E-state index in [-0.39, 0.29) is 18.2 Å². The first kappa shape index (κ1) is 16.1. The molecular formula is C15H16FN3O2S. The third-order valence-electron chi connectivity index (χ3n) is 2.79. The van der Waals surface area contributed by atoms with E-state index in [4.69, 9.17) is 4.74 Å². The number of rotatable bonds is 6. The Kier molecular flexibility index (Phi) is 5.60. The molecule has 0 fully saturated rings. The quantitative estimate of drug-likeness (QED) is 0.504. The van der Waals surface area contributed by atoms with Crippen LogP contribution in [0.15, 0.2) is 28.7 Å². The highest BCUT2D eigenvalue weighted by Gasteiger charge is 2.07. The normalized spacial score (nSPS) is 10.9. The highest BCUT2D eigenvalue weighted by Crippen LogP contribution is 2.16. The fraction of sp³-hybridized carbons (Fsp3) is 0.267. The van der Waals surface area contributed by atoms with Gasteiger partial charge >= 0.3 is 5.97 Å². The smallest absolute Gasteiger partial charge is 0.311 e. The maximum atomic E-state index is 13.1. The van der Waals surface area contributed by atoms with Crippen LogP contribution < -0.4 is 5.43 Å². The van der Waals surface area contributed by atoms with E-state index >= 15 is 0 Å². The van der Waals surface area contributed by atoms with Crippen molar-refractivity contribution in [2.24, 2.45) is 5.10 Å². The first-order chi connectivity index (χ1) is 10.6. The average Bonchev–Trinajstić information content (AvgIpc) is 2.90. The van der Waals surface area contributed by atoms with Crippen molar-refractivity contribution >= 4 is 28.7 Å². The van der Waals surface area contributed by atoms with Crippen molar-refractivity contribution in [3.05, 3.63) is 46.2 Å². The van der Waals surface area contributed by atoms with Crippen molar-refractivity contribution in [1.29, 1.82) is 0 Å². The maximum Gasteiger partial charge on any atom is 0.311 e. The molecule has 0 aliphatic heterocycles. The van der Waals surface area contributed by atoms with E-state index in [0.29, 0.717) is 23.0 Å². The molecule has 0 radical (unpaired) electrons. The van der Waals surface area contributed by atoms with Crippen LogP contribution in [0, 0.1) is 12.7 Å². The Morgan fingerprint density at radius 2 is 2.36 bits per heavy atom. The Bertz CT molecular complexity index is 685. The van der Waals surface area contributed by atoms with Gasteiger partial charge in [0.2, 0.25) is 5.13 Å². The summed E-state index contributed by atoms with van der Waals surface area (Å²) in [6, 6.07) is 4.51.